The number of nitrogens with zero attached hydrogens (tertiary/aromatic N) is 3. The number of hydrogen-bond donors (Lipinski definition) is 0. The van der Waals surface area contributed by atoms with E-state index >= 15 is 0 Å². The summed E-state index contributed by atoms with van der Waals surface area (Å²) in [5.74, 6) is -1.92. The van der Waals surface area contributed by atoms with E-state index in [0.717, 1.165) is 25.3 Å². The van der Waals surface area contributed by atoms with Crippen LogP contribution in [0.2, 0.25) is 0 Å². The first-order valence-corrected chi connectivity index (χ1v) is 15.8. The van der Waals surface area contributed by atoms with Gasteiger partial charge in [0.1, 0.15) is 11.0 Å². The van der Waals surface area contributed by atoms with Gasteiger partial charge in [-0.2, -0.15) is 0 Å². The quantitative estimate of drug-likeness (QED) is 0.0879. The Morgan fingerprint density at radius 3 is 1.89 bits per heavy atom. The van der Waals surface area contributed by atoms with Crippen LogP contribution in [0.25, 0.3) is 20.4 Å². The highest BCUT2D eigenvalue weighted by atomic mass is 32.1. The number of ketones is 1. The number of aromatic nitrogens is 1. The van der Waals surface area contributed by atoms with Crippen LogP contribution in [0.15, 0.2) is 66.7 Å². The summed E-state index contributed by atoms with van der Waals surface area (Å²) >= 11 is 1.56. The van der Waals surface area contributed by atoms with Gasteiger partial charge in [-0.05, 0) is 87.2 Å². The molecular weight excluding hydrogens is 598 g/mol. The molecule has 1 aromatic heterocycles. The Morgan fingerprint density at radius 2 is 1.26 bits per heavy atom. The highest BCUT2D eigenvalue weighted by Gasteiger charge is 2.42. The number of rotatable bonds is 4. The van der Waals surface area contributed by atoms with E-state index in [1.807, 2.05) is 6.07 Å². The lowest BCUT2D eigenvalue weighted by Gasteiger charge is -2.29. The first-order valence-electron chi connectivity index (χ1n) is 15.0. The molecule has 7 rings (SSSR count). The fourth-order valence-corrected chi connectivity index (χ4v) is 7.35. The van der Waals surface area contributed by atoms with Crippen LogP contribution in [-0.2, 0) is 0 Å². The van der Waals surface area contributed by atoms with Crippen LogP contribution in [0.4, 0.5) is 5.69 Å². The Hall–Kier alpha value is -5.15. The van der Waals surface area contributed by atoms with Gasteiger partial charge in [-0.1, -0.05) is 26.0 Å². The molecule has 0 bridgehead atoms. The predicted octanol–water partition coefficient (Wildman–Crippen LogP) is 7.59. The van der Waals surface area contributed by atoms with Crippen LogP contribution in [-0.4, -0.2) is 44.8 Å². The summed E-state index contributed by atoms with van der Waals surface area (Å²) in [5, 5.41) is 0. The number of imide groups is 2. The minimum atomic E-state index is -0.720. The zero-order chi connectivity index (χ0) is 32.8. The number of carbonyl (C=O) groups excluding carboxylic acids is 5. The summed E-state index contributed by atoms with van der Waals surface area (Å²) in [6.45, 7) is 11.7. The molecule has 9 heteroatoms. The van der Waals surface area contributed by atoms with Gasteiger partial charge in [0, 0.05) is 28.8 Å². The van der Waals surface area contributed by atoms with Gasteiger partial charge in [0.2, 0.25) is 11.3 Å². The van der Waals surface area contributed by atoms with Crippen molar-refractivity contribution in [2.24, 2.45) is 0 Å². The van der Waals surface area contributed by atoms with Gasteiger partial charge in [-0.3, -0.25) is 28.9 Å². The molecule has 0 saturated heterocycles. The maximum Gasteiger partial charge on any atom is 0.266 e. The van der Waals surface area contributed by atoms with E-state index in [0.29, 0.717) is 11.6 Å². The molecule has 0 spiro atoms. The van der Waals surface area contributed by atoms with Gasteiger partial charge >= 0.3 is 0 Å². The lowest BCUT2D eigenvalue weighted by molar-refractivity contribution is 0.0507. The molecule has 0 N–H and O–H groups in total. The molecule has 0 unspecified atom stereocenters. The second-order valence-electron chi connectivity index (χ2n) is 13.1. The molecule has 0 radical (unpaired) electrons. The second kappa shape index (κ2) is 10.2. The Labute approximate surface area is 269 Å². The van der Waals surface area contributed by atoms with Crippen LogP contribution >= 0.6 is 11.3 Å². The van der Waals surface area contributed by atoms with Crippen molar-refractivity contribution in [3.8, 4) is 0 Å². The highest BCUT2D eigenvalue weighted by molar-refractivity contribution is 7.24. The molecule has 8 nitrogen and oxygen atoms in total. The van der Waals surface area contributed by atoms with E-state index in [-0.39, 0.29) is 33.4 Å². The van der Waals surface area contributed by atoms with Crippen molar-refractivity contribution >= 4 is 66.9 Å². The Bertz CT molecular complexity index is 2250. The Balaban J connectivity index is 1.21. The van der Waals surface area contributed by atoms with Crippen LogP contribution in [0, 0.1) is 6.92 Å². The molecule has 0 saturated carbocycles. The summed E-state index contributed by atoms with van der Waals surface area (Å²) < 4.78 is 1.86. The van der Waals surface area contributed by atoms with Crippen molar-refractivity contribution in [3.05, 3.63) is 111 Å². The van der Waals surface area contributed by atoms with E-state index in [1.54, 1.807) is 44.2 Å². The maximum atomic E-state index is 13.7. The lowest BCUT2D eigenvalue weighted by atomic mass is 9.96. The topological polar surface area (TPSA) is 105 Å². The van der Waals surface area contributed by atoms with Gasteiger partial charge in [0.05, 0.1) is 27.9 Å². The van der Waals surface area contributed by atoms with E-state index in [4.69, 9.17) is 4.98 Å². The first kappa shape index (κ1) is 29.6. The number of carbonyl (C=O) groups is 5. The smallest absolute Gasteiger partial charge is 0.266 e. The monoisotopic (exact) mass is 628 g/mol. The number of hydrogen-bond acceptors (Lipinski definition) is 6. The summed E-state index contributed by atoms with van der Waals surface area (Å²) in [6.07, 6.45) is 0. The molecule has 228 valence electrons. The van der Waals surface area contributed by atoms with Crippen LogP contribution in [0.3, 0.4) is 0 Å². The highest BCUT2D eigenvalue weighted by Crippen LogP contribution is 2.36. The molecule has 4 aromatic carbocycles. The van der Waals surface area contributed by atoms with Crippen molar-refractivity contribution in [1.82, 2.24) is 9.88 Å². The number of fused-ring (bicyclic) bond motifs is 4. The fourth-order valence-electron chi connectivity index (χ4n) is 6.32. The Kier molecular flexibility index (Phi) is 6.54. The molecule has 0 aliphatic carbocycles. The molecule has 46 heavy (non-hydrogen) atoms. The van der Waals surface area contributed by atoms with Crippen LogP contribution < -0.4 is 4.90 Å². The largest absolute Gasteiger partial charge is 0.289 e. The number of anilines is 1. The van der Waals surface area contributed by atoms with Crippen LogP contribution in [0.5, 0.6) is 0 Å². The van der Waals surface area contributed by atoms with Crippen LogP contribution in [0.1, 0.15) is 109 Å². The minimum Gasteiger partial charge on any atom is -0.289 e. The fraction of sp³-hybridized carbons (Fsp3) is 0.216. The first-order chi connectivity index (χ1) is 21.7. The second-order valence-corrected chi connectivity index (χ2v) is 14.2. The van der Waals surface area contributed by atoms with Crippen molar-refractivity contribution in [3.63, 3.8) is 0 Å². The zero-order valence-corrected chi connectivity index (χ0v) is 27.0. The SMILES string of the molecule is Cc1cc2nc3ccc(N4C(=O)c5ccc(C(=O)c6ccc7c(c6)C(=O)N(C(C)(C)C)C7=O)cc5C4=O)cc3[s+]c2cc1C(C)C. The number of benzene rings is 4. The van der Waals surface area contributed by atoms with E-state index in [9.17, 15) is 24.0 Å². The molecule has 2 aliphatic heterocycles. The number of amides is 4. The third kappa shape index (κ3) is 4.45. The number of aryl methyl sites for hydroxylation is 1. The molecule has 5 aromatic rings. The minimum absolute atomic E-state index is 0.125. The van der Waals surface area contributed by atoms with Crippen molar-refractivity contribution in [2.45, 2.75) is 53.0 Å². The predicted molar refractivity (Wildman–Crippen MR) is 178 cm³/mol. The van der Waals surface area contributed by atoms with E-state index in [2.05, 4.69) is 32.9 Å². The summed E-state index contributed by atoms with van der Waals surface area (Å²) in [6, 6.07) is 18.4. The standard InChI is InChI=1S/C37H30N3O5S/c1-18(2)25-17-31-29(13-19(25)3)38-28-12-9-22(16-30(28)46-31)39-33(42)23-10-7-20(14-26(23)34(39)43)32(41)21-8-11-24-27(15-21)36(45)40(35(24)44)37(4,5)6/h7-18H,1-6H3/q+1. The molecular formula is C37H30N3O5S+. The van der Waals surface area contributed by atoms with Gasteiger partial charge < -0.3 is 0 Å². The zero-order valence-electron chi connectivity index (χ0n) is 26.2. The molecule has 0 atom stereocenters. The third-order valence-corrected chi connectivity index (χ3v) is 9.69. The average Bonchev–Trinajstić information content (AvgIpc) is 3.42. The average molecular weight is 629 g/mol. The lowest BCUT2D eigenvalue weighted by Crippen LogP contribution is -2.45. The van der Waals surface area contributed by atoms with Crippen molar-refractivity contribution in [2.75, 3.05) is 4.90 Å². The summed E-state index contributed by atoms with van der Waals surface area (Å²) in [5.41, 5.74) is 4.94. The Morgan fingerprint density at radius 1 is 0.696 bits per heavy atom. The molecule has 2 aliphatic rings. The summed E-state index contributed by atoms with van der Waals surface area (Å²) in [7, 11) is 0. The van der Waals surface area contributed by atoms with Gasteiger partial charge in [-0.25, -0.2) is 9.88 Å². The van der Waals surface area contributed by atoms with E-state index < -0.39 is 35.0 Å². The molecule has 0 fully saturated rings. The van der Waals surface area contributed by atoms with Gasteiger partial charge in [0.15, 0.2) is 5.78 Å². The summed E-state index contributed by atoms with van der Waals surface area (Å²) in [4.78, 5) is 73.8. The molecule has 4 amide bonds. The third-order valence-electron chi connectivity index (χ3n) is 8.60. The van der Waals surface area contributed by atoms with Gasteiger partial charge in [-0.15, -0.1) is 0 Å². The van der Waals surface area contributed by atoms with E-state index in [1.165, 1.54) is 52.4 Å². The van der Waals surface area contributed by atoms with Crippen molar-refractivity contribution in [1.29, 1.82) is 0 Å². The van der Waals surface area contributed by atoms with Crippen molar-refractivity contribution < 1.29 is 24.0 Å². The van der Waals surface area contributed by atoms with Gasteiger partial charge in [0.25, 0.3) is 33.0 Å². The molecule has 3 heterocycles. The maximum absolute atomic E-state index is 13.7. The normalized spacial score (nSPS) is 14.7.